The van der Waals surface area contributed by atoms with Gasteiger partial charge in [-0.3, -0.25) is 9.10 Å². The molecule has 0 spiro atoms. The van der Waals surface area contributed by atoms with Gasteiger partial charge in [-0.1, -0.05) is 45.0 Å². The number of morpholine rings is 1. The molecule has 1 saturated heterocycles. The Morgan fingerprint density at radius 3 is 2.06 bits per heavy atom. The van der Waals surface area contributed by atoms with Crippen molar-refractivity contribution >= 4 is 31.6 Å². The number of ether oxygens (including phenoxy) is 1. The number of hydrogen-bond donors (Lipinski definition) is 1. The Balaban J connectivity index is 1.72. The average Bonchev–Trinajstić information content (AvgIpc) is 2.82. The highest BCUT2D eigenvalue weighted by Gasteiger charge is 2.27. The lowest BCUT2D eigenvalue weighted by Crippen LogP contribution is -2.41. The first-order valence-corrected chi connectivity index (χ1v) is 15.0. The summed E-state index contributed by atoms with van der Waals surface area (Å²) in [6.45, 7) is 8.94. The molecule has 2 aromatic rings. The molecule has 198 valence electrons. The number of carbonyl (C=O) groups is 1. The lowest BCUT2D eigenvalue weighted by Gasteiger charge is -2.26. The Morgan fingerprint density at radius 2 is 1.56 bits per heavy atom. The number of sulfonamides is 2. The van der Waals surface area contributed by atoms with E-state index in [0.717, 1.165) is 16.1 Å². The second-order valence-corrected chi connectivity index (χ2v) is 13.8. The summed E-state index contributed by atoms with van der Waals surface area (Å²) in [7, 11) is -7.52. The fourth-order valence-electron chi connectivity index (χ4n) is 3.89. The van der Waals surface area contributed by atoms with E-state index >= 15 is 0 Å². The van der Waals surface area contributed by atoms with Crippen molar-refractivity contribution in [2.45, 2.75) is 44.0 Å². The van der Waals surface area contributed by atoms with Gasteiger partial charge in [-0.05, 0) is 47.7 Å². The second-order valence-electron chi connectivity index (χ2n) is 9.94. The normalized spacial score (nSPS) is 16.4. The maximum atomic E-state index is 12.8. The number of anilines is 1. The summed E-state index contributed by atoms with van der Waals surface area (Å²) in [5.41, 5.74) is 2.29. The van der Waals surface area contributed by atoms with Gasteiger partial charge in [-0.25, -0.2) is 16.8 Å². The van der Waals surface area contributed by atoms with E-state index in [9.17, 15) is 21.6 Å². The predicted octanol–water partition coefficient (Wildman–Crippen LogP) is 2.65. The molecule has 3 rings (SSSR count). The van der Waals surface area contributed by atoms with Crippen molar-refractivity contribution in [3.63, 3.8) is 0 Å². The van der Waals surface area contributed by atoms with E-state index in [-0.39, 0.29) is 35.1 Å². The fraction of sp³-hybridized carbons (Fsp3) is 0.480. The lowest BCUT2D eigenvalue weighted by molar-refractivity contribution is -0.120. The fourth-order valence-corrected chi connectivity index (χ4v) is 6.16. The standard InChI is InChI=1S/C25H35N3O6S2/c1-19(20-6-8-21(9-7-20)25(2,3)4)26-24(29)18-28(35(5,30)31)22-10-12-23(13-11-22)36(32,33)27-14-16-34-17-15-27/h6-13,19H,14-18H2,1-5H3,(H,26,29). The van der Waals surface area contributed by atoms with Crippen LogP contribution in [0.25, 0.3) is 0 Å². The third kappa shape index (κ3) is 6.84. The predicted molar refractivity (Wildman–Crippen MR) is 140 cm³/mol. The molecule has 0 radical (unpaired) electrons. The van der Waals surface area contributed by atoms with Crippen LogP contribution in [0.5, 0.6) is 0 Å². The Labute approximate surface area is 214 Å². The molecule has 1 amide bonds. The highest BCUT2D eigenvalue weighted by atomic mass is 32.2. The summed E-state index contributed by atoms with van der Waals surface area (Å²) in [5, 5.41) is 2.85. The lowest BCUT2D eigenvalue weighted by atomic mass is 9.86. The van der Waals surface area contributed by atoms with Crippen molar-refractivity contribution < 1.29 is 26.4 Å². The molecular formula is C25H35N3O6S2. The van der Waals surface area contributed by atoms with Crippen LogP contribution >= 0.6 is 0 Å². The van der Waals surface area contributed by atoms with Crippen LogP contribution in [-0.2, 0) is 35.0 Å². The number of hydrogen-bond acceptors (Lipinski definition) is 6. The molecule has 2 aromatic carbocycles. The summed E-state index contributed by atoms with van der Waals surface area (Å²) < 4.78 is 58.2. The molecule has 1 atom stereocenters. The van der Waals surface area contributed by atoms with Crippen LogP contribution in [-0.4, -0.2) is 66.2 Å². The van der Waals surface area contributed by atoms with Crippen molar-refractivity contribution in [2.24, 2.45) is 0 Å². The van der Waals surface area contributed by atoms with E-state index in [1.807, 2.05) is 31.2 Å². The van der Waals surface area contributed by atoms with Crippen LogP contribution in [0.3, 0.4) is 0 Å². The van der Waals surface area contributed by atoms with Gasteiger partial charge in [0.15, 0.2) is 0 Å². The highest BCUT2D eigenvalue weighted by molar-refractivity contribution is 7.92. The SMILES string of the molecule is CC(NC(=O)CN(c1ccc(S(=O)(=O)N2CCOCC2)cc1)S(C)(=O)=O)c1ccc(C(C)(C)C)cc1. The van der Waals surface area contributed by atoms with Crippen LogP contribution in [0.2, 0.25) is 0 Å². The van der Waals surface area contributed by atoms with Crippen molar-refractivity contribution in [3.8, 4) is 0 Å². The number of amides is 1. The van der Waals surface area contributed by atoms with Crippen LogP contribution in [0.4, 0.5) is 5.69 Å². The zero-order chi connectivity index (χ0) is 26.7. The summed E-state index contributed by atoms with van der Waals surface area (Å²) in [6, 6.07) is 13.1. The quantitative estimate of drug-likeness (QED) is 0.554. The van der Waals surface area contributed by atoms with E-state index in [0.29, 0.717) is 13.2 Å². The Hall–Kier alpha value is -2.47. The molecule has 36 heavy (non-hydrogen) atoms. The van der Waals surface area contributed by atoms with Gasteiger partial charge in [0, 0.05) is 13.1 Å². The molecule has 1 N–H and O–H groups in total. The van der Waals surface area contributed by atoms with Gasteiger partial charge in [-0.15, -0.1) is 0 Å². The Morgan fingerprint density at radius 1 is 1.00 bits per heavy atom. The van der Waals surface area contributed by atoms with Crippen LogP contribution in [0.1, 0.15) is 44.9 Å². The topological polar surface area (TPSA) is 113 Å². The second kappa shape index (κ2) is 10.9. The maximum Gasteiger partial charge on any atom is 0.243 e. The first-order valence-electron chi connectivity index (χ1n) is 11.7. The van der Waals surface area contributed by atoms with Crippen LogP contribution in [0, 0.1) is 0 Å². The summed E-state index contributed by atoms with van der Waals surface area (Å²) >= 11 is 0. The van der Waals surface area contributed by atoms with Gasteiger partial charge >= 0.3 is 0 Å². The number of nitrogens with one attached hydrogen (secondary N) is 1. The van der Waals surface area contributed by atoms with E-state index < -0.39 is 32.5 Å². The van der Waals surface area contributed by atoms with E-state index in [2.05, 4.69) is 26.1 Å². The Bertz CT molecular complexity index is 1260. The highest BCUT2D eigenvalue weighted by Crippen LogP contribution is 2.25. The third-order valence-electron chi connectivity index (χ3n) is 6.07. The number of rotatable bonds is 8. The van der Waals surface area contributed by atoms with Gasteiger partial charge in [0.05, 0.1) is 36.1 Å². The van der Waals surface area contributed by atoms with Gasteiger partial charge in [0.1, 0.15) is 6.54 Å². The summed E-state index contributed by atoms with van der Waals surface area (Å²) in [5.74, 6) is -0.474. The summed E-state index contributed by atoms with van der Waals surface area (Å²) in [6.07, 6.45) is 1.01. The van der Waals surface area contributed by atoms with Crippen molar-refractivity contribution in [3.05, 3.63) is 59.7 Å². The van der Waals surface area contributed by atoms with E-state index in [4.69, 9.17) is 4.74 Å². The van der Waals surface area contributed by atoms with Crippen molar-refractivity contribution in [1.29, 1.82) is 0 Å². The van der Waals surface area contributed by atoms with Crippen LogP contribution in [0.15, 0.2) is 53.4 Å². The minimum atomic E-state index is -3.81. The first-order chi connectivity index (χ1) is 16.7. The number of carbonyl (C=O) groups excluding carboxylic acids is 1. The number of benzene rings is 2. The minimum absolute atomic E-state index is 0.0120. The molecule has 0 bridgehead atoms. The molecule has 11 heteroatoms. The molecule has 1 heterocycles. The largest absolute Gasteiger partial charge is 0.379 e. The molecule has 1 aliphatic rings. The third-order valence-corrected chi connectivity index (χ3v) is 9.13. The molecule has 1 aliphatic heterocycles. The van der Waals surface area contributed by atoms with Crippen molar-refractivity contribution in [2.75, 3.05) is 43.4 Å². The van der Waals surface area contributed by atoms with Crippen molar-refractivity contribution in [1.82, 2.24) is 9.62 Å². The zero-order valence-corrected chi connectivity index (χ0v) is 23.0. The maximum absolute atomic E-state index is 12.8. The van der Waals surface area contributed by atoms with Gasteiger partial charge in [0.25, 0.3) is 0 Å². The van der Waals surface area contributed by atoms with Gasteiger partial charge in [0.2, 0.25) is 26.0 Å². The number of nitrogens with zero attached hydrogens (tertiary/aromatic N) is 2. The smallest absolute Gasteiger partial charge is 0.243 e. The van der Waals surface area contributed by atoms with Gasteiger partial charge < -0.3 is 10.1 Å². The van der Waals surface area contributed by atoms with E-state index in [1.165, 1.54) is 34.1 Å². The average molecular weight is 538 g/mol. The zero-order valence-electron chi connectivity index (χ0n) is 21.4. The van der Waals surface area contributed by atoms with E-state index in [1.54, 1.807) is 0 Å². The molecule has 0 saturated carbocycles. The monoisotopic (exact) mass is 537 g/mol. The molecule has 1 fully saturated rings. The summed E-state index contributed by atoms with van der Waals surface area (Å²) in [4.78, 5) is 12.8. The molecule has 9 nitrogen and oxygen atoms in total. The van der Waals surface area contributed by atoms with Crippen LogP contribution < -0.4 is 9.62 Å². The Kier molecular flexibility index (Phi) is 8.49. The minimum Gasteiger partial charge on any atom is -0.379 e. The molecule has 1 unspecified atom stereocenters. The molecule has 0 aromatic heterocycles. The van der Waals surface area contributed by atoms with Gasteiger partial charge in [-0.2, -0.15) is 4.31 Å². The first kappa shape index (κ1) is 28.1. The molecule has 0 aliphatic carbocycles. The molecular weight excluding hydrogens is 502 g/mol.